The molecule has 2 rings (SSSR count). The zero-order chi connectivity index (χ0) is 14.5. The molecule has 20 heavy (non-hydrogen) atoms. The lowest BCUT2D eigenvalue weighted by molar-refractivity contribution is -0.384. The van der Waals surface area contributed by atoms with Gasteiger partial charge in [0.25, 0.3) is 11.6 Å². The van der Waals surface area contributed by atoms with Crippen molar-refractivity contribution in [2.75, 3.05) is 6.54 Å². The normalized spacial score (nSPS) is 10.2. The minimum Gasteiger partial charge on any atom is -0.352 e. The summed E-state index contributed by atoms with van der Waals surface area (Å²) >= 11 is 7.36. The van der Waals surface area contributed by atoms with Crippen molar-refractivity contribution < 1.29 is 9.72 Å². The molecule has 0 unspecified atom stereocenters. The molecule has 2 aromatic rings. The average Bonchev–Trinajstić information content (AvgIpc) is 2.91. The monoisotopic (exact) mass is 311 g/mol. The summed E-state index contributed by atoms with van der Waals surface area (Å²) in [6.07, 6.45) is 0.625. The highest BCUT2D eigenvalue weighted by Crippen LogP contribution is 2.22. The van der Waals surface area contributed by atoms with E-state index in [4.69, 9.17) is 11.6 Å². The van der Waals surface area contributed by atoms with Gasteiger partial charge in [-0.05, 0) is 6.07 Å². The van der Waals surface area contributed by atoms with E-state index in [2.05, 4.69) is 10.3 Å². The summed E-state index contributed by atoms with van der Waals surface area (Å²) in [5.41, 5.74) is 2.71. The number of nitro benzene ring substituents is 1. The van der Waals surface area contributed by atoms with Crippen LogP contribution in [0.3, 0.4) is 0 Å². The molecule has 0 saturated heterocycles. The molecule has 1 aromatic carbocycles. The number of amides is 1. The Morgan fingerprint density at radius 1 is 1.50 bits per heavy atom. The average molecular weight is 312 g/mol. The number of carbonyl (C=O) groups excluding carboxylic acids is 1. The first-order chi connectivity index (χ1) is 9.58. The van der Waals surface area contributed by atoms with E-state index in [0.29, 0.717) is 13.0 Å². The molecule has 0 saturated carbocycles. The van der Waals surface area contributed by atoms with Crippen LogP contribution >= 0.6 is 22.9 Å². The third-order valence-electron chi connectivity index (χ3n) is 2.56. The Bertz CT molecular complexity index is 631. The third kappa shape index (κ3) is 3.52. The Morgan fingerprint density at radius 3 is 2.90 bits per heavy atom. The first kappa shape index (κ1) is 14.4. The summed E-state index contributed by atoms with van der Waals surface area (Å²) in [5, 5.41) is 15.2. The van der Waals surface area contributed by atoms with E-state index in [1.807, 2.05) is 5.38 Å². The molecule has 8 heteroatoms. The van der Waals surface area contributed by atoms with Crippen LogP contribution < -0.4 is 5.32 Å². The zero-order valence-electron chi connectivity index (χ0n) is 10.2. The number of nitrogens with one attached hydrogen (secondary N) is 1. The predicted molar refractivity (Wildman–Crippen MR) is 76.3 cm³/mol. The van der Waals surface area contributed by atoms with Gasteiger partial charge in [-0.15, -0.1) is 11.3 Å². The first-order valence-electron chi connectivity index (χ1n) is 5.67. The summed E-state index contributed by atoms with van der Waals surface area (Å²) in [7, 11) is 0. The number of hydrogen-bond donors (Lipinski definition) is 1. The molecule has 6 nitrogen and oxygen atoms in total. The number of carbonyl (C=O) groups is 1. The van der Waals surface area contributed by atoms with Crippen molar-refractivity contribution in [1.29, 1.82) is 0 Å². The molecule has 0 atom stereocenters. The molecular formula is C12H10ClN3O3S. The molecular weight excluding hydrogens is 302 g/mol. The molecule has 104 valence electrons. The maximum Gasteiger partial charge on any atom is 0.270 e. The number of hydrogen-bond acceptors (Lipinski definition) is 5. The number of benzene rings is 1. The van der Waals surface area contributed by atoms with Gasteiger partial charge in [-0.25, -0.2) is 4.98 Å². The molecule has 0 fully saturated rings. The van der Waals surface area contributed by atoms with Crippen LogP contribution in [0.1, 0.15) is 16.1 Å². The van der Waals surface area contributed by atoms with Crippen molar-refractivity contribution >= 4 is 34.5 Å². The Morgan fingerprint density at radius 2 is 2.30 bits per heavy atom. The van der Waals surface area contributed by atoms with Gasteiger partial charge in [-0.2, -0.15) is 0 Å². The molecule has 1 amide bonds. The van der Waals surface area contributed by atoms with Gasteiger partial charge in [0.1, 0.15) is 0 Å². The summed E-state index contributed by atoms with van der Waals surface area (Å²) in [5.74, 6) is -0.361. The molecule has 1 N–H and O–H groups in total. The quantitative estimate of drug-likeness (QED) is 0.679. The van der Waals surface area contributed by atoms with Gasteiger partial charge in [0.15, 0.2) is 0 Å². The van der Waals surface area contributed by atoms with Crippen LogP contribution in [0.25, 0.3) is 0 Å². The Labute approximate surface area is 123 Å². The van der Waals surface area contributed by atoms with Crippen LogP contribution in [-0.4, -0.2) is 22.4 Å². The van der Waals surface area contributed by atoms with Crippen molar-refractivity contribution in [2.24, 2.45) is 0 Å². The van der Waals surface area contributed by atoms with Crippen LogP contribution in [0, 0.1) is 10.1 Å². The number of nitrogens with zero attached hydrogens (tertiary/aromatic N) is 2. The number of rotatable bonds is 5. The molecule has 0 aliphatic carbocycles. The Hall–Kier alpha value is -1.99. The molecule has 0 aliphatic heterocycles. The lowest BCUT2D eigenvalue weighted by Crippen LogP contribution is -2.26. The van der Waals surface area contributed by atoms with Crippen molar-refractivity contribution in [1.82, 2.24) is 10.3 Å². The largest absolute Gasteiger partial charge is 0.352 e. The third-order valence-corrected chi connectivity index (χ3v) is 3.51. The second kappa shape index (κ2) is 6.44. The smallest absolute Gasteiger partial charge is 0.270 e. The SMILES string of the molecule is O=C(NCCc1cscn1)c1ccc([N+](=O)[O-])cc1Cl. The van der Waals surface area contributed by atoms with Gasteiger partial charge in [0.2, 0.25) is 0 Å². The second-order valence-electron chi connectivity index (χ2n) is 3.91. The highest BCUT2D eigenvalue weighted by atomic mass is 35.5. The van der Waals surface area contributed by atoms with E-state index in [1.165, 1.54) is 23.5 Å². The van der Waals surface area contributed by atoms with Gasteiger partial charge in [0.05, 0.1) is 26.7 Å². The second-order valence-corrected chi connectivity index (χ2v) is 5.03. The first-order valence-corrected chi connectivity index (χ1v) is 6.99. The van der Waals surface area contributed by atoms with Crippen molar-refractivity contribution in [3.05, 3.63) is 55.5 Å². The van der Waals surface area contributed by atoms with Gasteiger partial charge < -0.3 is 5.32 Å². The molecule has 0 radical (unpaired) electrons. The zero-order valence-corrected chi connectivity index (χ0v) is 11.8. The lowest BCUT2D eigenvalue weighted by atomic mass is 10.2. The highest BCUT2D eigenvalue weighted by molar-refractivity contribution is 7.07. The minimum atomic E-state index is -0.560. The van der Waals surface area contributed by atoms with Crippen LogP contribution in [0.5, 0.6) is 0 Å². The maximum atomic E-state index is 11.9. The fourth-order valence-corrected chi connectivity index (χ4v) is 2.42. The lowest BCUT2D eigenvalue weighted by Gasteiger charge is -2.05. The molecule has 0 bridgehead atoms. The molecule has 0 spiro atoms. The number of nitro groups is 1. The van der Waals surface area contributed by atoms with E-state index in [9.17, 15) is 14.9 Å². The summed E-state index contributed by atoms with van der Waals surface area (Å²) in [6, 6.07) is 3.76. The van der Waals surface area contributed by atoms with Crippen LogP contribution in [0.4, 0.5) is 5.69 Å². The van der Waals surface area contributed by atoms with Crippen molar-refractivity contribution in [3.63, 3.8) is 0 Å². The Balaban J connectivity index is 1.97. The highest BCUT2D eigenvalue weighted by Gasteiger charge is 2.14. The number of thiazole rings is 1. The molecule has 0 aliphatic rings. The van der Waals surface area contributed by atoms with Crippen molar-refractivity contribution in [3.8, 4) is 0 Å². The number of aromatic nitrogens is 1. The van der Waals surface area contributed by atoms with Gasteiger partial charge in [-0.1, -0.05) is 11.6 Å². The van der Waals surface area contributed by atoms with Gasteiger partial charge in [-0.3, -0.25) is 14.9 Å². The summed E-state index contributed by atoms with van der Waals surface area (Å²) < 4.78 is 0. The van der Waals surface area contributed by atoms with E-state index < -0.39 is 4.92 Å². The minimum absolute atomic E-state index is 0.0605. The van der Waals surface area contributed by atoms with E-state index >= 15 is 0 Å². The summed E-state index contributed by atoms with van der Waals surface area (Å²) in [4.78, 5) is 26.0. The van der Waals surface area contributed by atoms with E-state index in [1.54, 1.807) is 5.51 Å². The number of halogens is 1. The van der Waals surface area contributed by atoms with Gasteiger partial charge in [0, 0.05) is 30.5 Å². The number of non-ortho nitro benzene ring substituents is 1. The predicted octanol–water partition coefficient (Wildman–Crippen LogP) is 2.68. The summed E-state index contributed by atoms with van der Waals surface area (Å²) in [6.45, 7) is 0.426. The Kier molecular flexibility index (Phi) is 4.65. The topological polar surface area (TPSA) is 85.1 Å². The van der Waals surface area contributed by atoms with Crippen LogP contribution in [0.15, 0.2) is 29.1 Å². The standard InChI is InChI=1S/C12H10ClN3O3S/c13-11-5-9(16(18)19)1-2-10(11)12(17)14-4-3-8-6-20-7-15-8/h1-2,5-7H,3-4H2,(H,14,17). The fourth-order valence-electron chi connectivity index (χ4n) is 1.56. The van der Waals surface area contributed by atoms with E-state index in [-0.39, 0.29) is 22.2 Å². The van der Waals surface area contributed by atoms with Crippen LogP contribution in [0.2, 0.25) is 5.02 Å². The van der Waals surface area contributed by atoms with E-state index in [0.717, 1.165) is 11.8 Å². The maximum absolute atomic E-state index is 11.9. The van der Waals surface area contributed by atoms with Crippen LogP contribution in [-0.2, 0) is 6.42 Å². The van der Waals surface area contributed by atoms with Crippen molar-refractivity contribution in [2.45, 2.75) is 6.42 Å². The molecule has 1 aromatic heterocycles. The van der Waals surface area contributed by atoms with Gasteiger partial charge >= 0.3 is 0 Å². The fraction of sp³-hybridized carbons (Fsp3) is 0.167. The molecule has 1 heterocycles.